The number of amides is 2. The highest BCUT2D eigenvalue weighted by Gasteiger charge is 2.32. The zero-order chi connectivity index (χ0) is 23.7. The van der Waals surface area contributed by atoms with Crippen molar-refractivity contribution < 1.29 is 9.59 Å². The fourth-order valence-corrected chi connectivity index (χ4v) is 5.67. The maximum Gasteiger partial charge on any atom is 0.274 e. The SMILES string of the molecule is Cc1csc(NC(=O)C2CCN(C(=O)c3nn(-c4ccc(Cl)cc4)c4c3CCCCC4)CC2)n1. The van der Waals surface area contributed by atoms with Crippen molar-refractivity contribution in [1.82, 2.24) is 19.7 Å². The third-order valence-electron chi connectivity index (χ3n) is 6.71. The molecule has 1 N–H and O–H groups in total. The molecule has 34 heavy (non-hydrogen) atoms. The number of thiazole rings is 1. The lowest BCUT2D eigenvalue weighted by Gasteiger charge is -2.31. The number of anilines is 1. The molecule has 1 aromatic carbocycles. The van der Waals surface area contributed by atoms with Crippen molar-refractivity contribution in [1.29, 1.82) is 0 Å². The number of aromatic nitrogens is 3. The summed E-state index contributed by atoms with van der Waals surface area (Å²) in [6, 6.07) is 7.60. The Balaban J connectivity index is 1.32. The van der Waals surface area contributed by atoms with Crippen molar-refractivity contribution in [3.63, 3.8) is 0 Å². The van der Waals surface area contributed by atoms with Gasteiger partial charge in [0.2, 0.25) is 5.91 Å². The Bertz CT molecular complexity index is 1190. The minimum atomic E-state index is -0.114. The number of nitrogens with zero attached hydrogens (tertiary/aromatic N) is 4. The number of carbonyl (C=O) groups is 2. The molecule has 3 aromatic rings. The third kappa shape index (κ3) is 4.74. The predicted octanol–water partition coefficient (Wildman–Crippen LogP) is 5.05. The van der Waals surface area contributed by atoms with Gasteiger partial charge in [-0.25, -0.2) is 9.67 Å². The van der Waals surface area contributed by atoms with Gasteiger partial charge in [0, 0.05) is 40.7 Å². The normalized spacial score (nSPS) is 16.7. The second-order valence-corrected chi connectivity index (χ2v) is 10.4. The maximum absolute atomic E-state index is 13.6. The molecule has 178 valence electrons. The van der Waals surface area contributed by atoms with E-state index in [0.29, 0.717) is 41.8 Å². The van der Waals surface area contributed by atoms with Crippen molar-refractivity contribution in [2.24, 2.45) is 5.92 Å². The molecule has 1 fully saturated rings. The molecule has 5 rings (SSSR count). The van der Waals surface area contributed by atoms with E-state index in [9.17, 15) is 9.59 Å². The predicted molar refractivity (Wildman–Crippen MR) is 134 cm³/mol. The van der Waals surface area contributed by atoms with E-state index < -0.39 is 0 Å². The zero-order valence-electron chi connectivity index (χ0n) is 19.2. The Morgan fingerprint density at radius 3 is 2.53 bits per heavy atom. The van der Waals surface area contributed by atoms with Crippen molar-refractivity contribution in [2.75, 3.05) is 18.4 Å². The van der Waals surface area contributed by atoms with E-state index in [1.807, 2.05) is 46.2 Å². The first-order valence-corrected chi connectivity index (χ1v) is 13.1. The summed E-state index contributed by atoms with van der Waals surface area (Å²) in [4.78, 5) is 32.4. The van der Waals surface area contributed by atoms with E-state index in [1.165, 1.54) is 11.3 Å². The summed E-state index contributed by atoms with van der Waals surface area (Å²) >= 11 is 7.52. The highest BCUT2D eigenvalue weighted by molar-refractivity contribution is 7.13. The molecule has 2 aromatic heterocycles. The number of benzene rings is 1. The van der Waals surface area contributed by atoms with E-state index in [4.69, 9.17) is 16.7 Å². The molecular weight excluding hydrogens is 470 g/mol. The summed E-state index contributed by atoms with van der Waals surface area (Å²) in [7, 11) is 0. The average Bonchev–Trinajstić information content (AvgIpc) is 3.33. The molecule has 0 bridgehead atoms. The summed E-state index contributed by atoms with van der Waals surface area (Å²) < 4.78 is 1.93. The highest BCUT2D eigenvalue weighted by Crippen LogP contribution is 2.29. The van der Waals surface area contributed by atoms with Gasteiger partial charge < -0.3 is 10.2 Å². The van der Waals surface area contributed by atoms with Gasteiger partial charge in [0.1, 0.15) is 0 Å². The lowest BCUT2D eigenvalue weighted by molar-refractivity contribution is -0.121. The zero-order valence-corrected chi connectivity index (χ0v) is 20.8. The second-order valence-electron chi connectivity index (χ2n) is 9.07. The van der Waals surface area contributed by atoms with Gasteiger partial charge in [0.15, 0.2) is 10.8 Å². The van der Waals surface area contributed by atoms with Crippen LogP contribution in [0.4, 0.5) is 5.13 Å². The molecule has 1 saturated heterocycles. The molecule has 0 atom stereocenters. The van der Waals surface area contributed by atoms with Gasteiger partial charge in [0.05, 0.1) is 11.4 Å². The Morgan fingerprint density at radius 2 is 1.82 bits per heavy atom. The van der Waals surface area contributed by atoms with E-state index >= 15 is 0 Å². The number of hydrogen-bond donors (Lipinski definition) is 1. The van der Waals surface area contributed by atoms with Crippen LogP contribution in [0.2, 0.25) is 5.02 Å². The fraction of sp³-hybridized carbons (Fsp3) is 0.440. The van der Waals surface area contributed by atoms with E-state index in [1.54, 1.807) is 0 Å². The van der Waals surface area contributed by atoms with Crippen LogP contribution < -0.4 is 5.32 Å². The van der Waals surface area contributed by atoms with Crippen molar-refractivity contribution in [2.45, 2.75) is 51.9 Å². The molecule has 3 heterocycles. The maximum atomic E-state index is 13.6. The summed E-state index contributed by atoms with van der Waals surface area (Å²) in [5.41, 5.74) is 4.60. The van der Waals surface area contributed by atoms with Crippen LogP contribution in [-0.4, -0.2) is 44.6 Å². The first kappa shape index (κ1) is 23.1. The number of aryl methyl sites for hydroxylation is 1. The molecule has 0 unspecified atom stereocenters. The number of halogens is 1. The topological polar surface area (TPSA) is 80.1 Å². The molecular formula is C25H28ClN5O2S. The standard InChI is InChI=1S/C25H28ClN5O2S/c1-16-15-34-25(27-16)28-23(32)17-11-13-30(14-12-17)24(33)22-20-5-3-2-4-6-21(20)31(29-22)19-9-7-18(26)8-10-19/h7-10,15,17H,2-6,11-14H2,1H3,(H,27,28,32). The molecule has 1 aliphatic heterocycles. The lowest BCUT2D eigenvalue weighted by Crippen LogP contribution is -2.41. The molecule has 0 saturated carbocycles. The third-order valence-corrected chi connectivity index (χ3v) is 7.83. The van der Waals surface area contributed by atoms with Gasteiger partial charge >= 0.3 is 0 Å². The Morgan fingerprint density at radius 1 is 1.09 bits per heavy atom. The lowest BCUT2D eigenvalue weighted by atomic mass is 9.95. The van der Waals surface area contributed by atoms with Crippen LogP contribution in [0, 0.1) is 12.8 Å². The van der Waals surface area contributed by atoms with E-state index in [0.717, 1.165) is 54.7 Å². The summed E-state index contributed by atoms with van der Waals surface area (Å²) in [5, 5.41) is 11.0. The molecule has 9 heteroatoms. The van der Waals surface area contributed by atoms with Crippen LogP contribution >= 0.6 is 22.9 Å². The summed E-state index contributed by atoms with van der Waals surface area (Å²) in [5.74, 6) is -0.153. The molecule has 1 aliphatic carbocycles. The summed E-state index contributed by atoms with van der Waals surface area (Å²) in [6.45, 7) is 3.01. The molecule has 7 nitrogen and oxygen atoms in total. The average molecular weight is 498 g/mol. The van der Waals surface area contributed by atoms with E-state index in [2.05, 4.69) is 10.3 Å². The minimum Gasteiger partial charge on any atom is -0.337 e. The second kappa shape index (κ2) is 9.88. The number of carbonyl (C=O) groups excluding carboxylic acids is 2. The van der Waals surface area contributed by atoms with E-state index in [-0.39, 0.29) is 17.7 Å². The van der Waals surface area contributed by atoms with Gasteiger partial charge in [-0.3, -0.25) is 9.59 Å². The van der Waals surface area contributed by atoms with Crippen molar-refractivity contribution >= 4 is 39.9 Å². The molecule has 0 radical (unpaired) electrons. The molecule has 2 aliphatic rings. The first-order chi connectivity index (χ1) is 16.5. The van der Waals surface area contributed by atoms with Crippen molar-refractivity contribution in [3.8, 4) is 5.69 Å². The Labute approximate surface area is 208 Å². The monoisotopic (exact) mass is 497 g/mol. The first-order valence-electron chi connectivity index (χ1n) is 11.9. The number of nitrogens with one attached hydrogen (secondary N) is 1. The number of hydrogen-bond acceptors (Lipinski definition) is 5. The van der Waals surface area contributed by atoms with Gasteiger partial charge in [0.25, 0.3) is 5.91 Å². The fourth-order valence-electron chi connectivity index (χ4n) is 4.86. The van der Waals surface area contributed by atoms with Gasteiger partial charge in [-0.05, 0) is 69.7 Å². The van der Waals surface area contributed by atoms with Crippen LogP contribution in [0.1, 0.15) is 59.5 Å². The van der Waals surface area contributed by atoms with Crippen LogP contribution in [0.3, 0.4) is 0 Å². The summed E-state index contributed by atoms with van der Waals surface area (Å²) in [6.07, 6.45) is 6.38. The Kier molecular flexibility index (Phi) is 6.70. The highest BCUT2D eigenvalue weighted by atomic mass is 35.5. The van der Waals surface area contributed by atoms with Crippen LogP contribution in [-0.2, 0) is 17.6 Å². The van der Waals surface area contributed by atoms with Gasteiger partial charge in [-0.15, -0.1) is 11.3 Å². The number of piperidine rings is 1. The molecule has 2 amide bonds. The smallest absolute Gasteiger partial charge is 0.274 e. The van der Waals surface area contributed by atoms with Crippen LogP contribution in [0.5, 0.6) is 0 Å². The van der Waals surface area contributed by atoms with Crippen LogP contribution in [0.25, 0.3) is 5.69 Å². The molecule has 0 spiro atoms. The van der Waals surface area contributed by atoms with Crippen molar-refractivity contribution in [3.05, 3.63) is 57.3 Å². The Hall–Kier alpha value is -2.71. The van der Waals surface area contributed by atoms with Gasteiger partial charge in [-0.1, -0.05) is 18.0 Å². The van der Waals surface area contributed by atoms with Gasteiger partial charge in [-0.2, -0.15) is 5.10 Å². The largest absolute Gasteiger partial charge is 0.337 e. The van der Waals surface area contributed by atoms with Crippen LogP contribution in [0.15, 0.2) is 29.6 Å². The minimum absolute atomic E-state index is 0.0117. The number of fused-ring (bicyclic) bond motifs is 1. The quantitative estimate of drug-likeness (QED) is 0.511. The number of likely N-dealkylation sites (tertiary alicyclic amines) is 1. The number of rotatable bonds is 4.